The molecule has 0 aromatic carbocycles. The predicted octanol–water partition coefficient (Wildman–Crippen LogP) is 3.07. The van der Waals surface area contributed by atoms with Crippen molar-refractivity contribution in [3.8, 4) is 11.5 Å². The fourth-order valence-electron chi connectivity index (χ4n) is 4.84. The number of nitrogens with one attached hydrogen (secondary N) is 2. The lowest BCUT2D eigenvalue weighted by Crippen LogP contribution is -2.56. The number of hydrogen-bond acceptors (Lipinski definition) is 8. The molecular weight excluding hydrogens is 473 g/mol. The van der Waals surface area contributed by atoms with Crippen LogP contribution in [-0.4, -0.2) is 66.3 Å². The van der Waals surface area contributed by atoms with Crippen LogP contribution in [0, 0.1) is 0 Å². The zero-order chi connectivity index (χ0) is 25.0. The Bertz CT molecular complexity index is 1380. The number of imidazole rings is 1. The molecule has 0 amide bonds. The maximum Gasteiger partial charge on any atom is 0.434 e. The van der Waals surface area contributed by atoms with Gasteiger partial charge in [0.05, 0.1) is 24.6 Å². The number of aromatic amines is 1. The minimum atomic E-state index is -4.57. The topological polar surface area (TPSA) is 103 Å². The van der Waals surface area contributed by atoms with Gasteiger partial charge in [0.2, 0.25) is 0 Å². The van der Waals surface area contributed by atoms with Crippen LogP contribution in [0.1, 0.15) is 37.6 Å². The van der Waals surface area contributed by atoms with Gasteiger partial charge in [-0.25, -0.2) is 19.9 Å². The molecule has 2 saturated heterocycles. The smallest absolute Gasteiger partial charge is 0.356 e. The Kier molecular flexibility index (Phi) is 5.32. The number of H-pyrrole nitrogens is 1. The van der Waals surface area contributed by atoms with E-state index in [2.05, 4.69) is 49.1 Å². The second kappa shape index (κ2) is 8.43. The molecule has 3 unspecified atom stereocenters. The molecule has 2 fully saturated rings. The highest BCUT2D eigenvalue weighted by Crippen LogP contribution is 2.34. The van der Waals surface area contributed by atoms with Crippen molar-refractivity contribution >= 4 is 17.3 Å². The molecule has 0 spiro atoms. The summed E-state index contributed by atoms with van der Waals surface area (Å²) in [5.41, 5.74) is 0.719. The van der Waals surface area contributed by atoms with Crippen molar-refractivity contribution in [2.75, 3.05) is 29.4 Å². The van der Waals surface area contributed by atoms with Gasteiger partial charge in [-0.2, -0.15) is 18.3 Å². The third kappa shape index (κ3) is 3.92. The summed E-state index contributed by atoms with van der Waals surface area (Å²) in [5.74, 6) is 1.79. The Balaban J connectivity index is 1.45. The van der Waals surface area contributed by atoms with Crippen molar-refractivity contribution in [3.63, 3.8) is 0 Å². The maximum absolute atomic E-state index is 13.4. The van der Waals surface area contributed by atoms with E-state index < -0.39 is 11.9 Å². The average Bonchev–Trinajstić information content (AvgIpc) is 3.48. The number of fused-ring (bicyclic) bond motifs is 1. The fourth-order valence-corrected chi connectivity index (χ4v) is 4.84. The quantitative estimate of drug-likeness (QED) is 0.443. The standard InChI is InChI=1S/C23H25F3N10/c1-13-11-35(14(2)21(31-13)15-7-29-30-8-15)19-6-18(34-4-3-5-34)32-22(33-19)16-9-28-20-10-27-17(12-36(16)20)23(24,25)26/h6-10,12-14,21,31H,3-5,11H2,1-2H3,(H,29,30). The first kappa shape index (κ1) is 22.7. The van der Waals surface area contributed by atoms with Gasteiger partial charge in [-0.15, -0.1) is 0 Å². The van der Waals surface area contributed by atoms with E-state index >= 15 is 0 Å². The number of alkyl halides is 3. The molecule has 4 aromatic rings. The van der Waals surface area contributed by atoms with Crippen molar-refractivity contribution in [2.24, 2.45) is 0 Å². The van der Waals surface area contributed by atoms with Crippen LogP contribution in [0.4, 0.5) is 24.8 Å². The Hall–Kier alpha value is -3.74. The first-order valence-corrected chi connectivity index (χ1v) is 11.8. The van der Waals surface area contributed by atoms with E-state index in [0.717, 1.165) is 49.1 Å². The van der Waals surface area contributed by atoms with Crippen molar-refractivity contribution in [3.05, 3.63) is 48.3 Å². The Morgan fingerprint density at radius 1 is 1.03 bits per heavy atom. The van der Waals surface area contributed by atoms with Gasteiger partial charge in [0.25, 0.3) is 0 Å². The van der Waals surface area contributed by atoms with Gasteiger partial charge in [-0.1, -0.05) is 0 Å². The van der Waals surface area contributed by atoms with E-state index in [0.29, 0.717) is 23.7 Å². The molecule has 36 heavy (non-hydrogen) atoms. The Morgan fingerprint density at radius 3 is 2.53 bits per heavy atom. The largest absolute Gasteiger partial charge is 0.434 e. The highest BCUT2D eigenvalue weighted by molar-refractivity contribution is 5.63. The Labute approximate surface area is 204 Å². The molecule has 13 heteroatoms. The van der Waals surface area contributed by atoms with E-state index in [1.54, 1.807) is 0 Å². The number of nitrogens with zero attached hydrogens (tertiary/aromatic N) is 8. The first-order valence-electron chi connectivity index (χ1n) is 11.8. The highest BCUT2D eigenvalue weighted by atomic mass is 19.4. The molecule has 6 rings (SSSR count). The van der Waals surface area contributed by atoms with Crippen molar-refractivity contribution < 1.29 is 13.2 Å². The van der Waals surface area contributed by atoms with E-state index in [-0.39, 0.29) is 18.1 Å². The number of anilines is 2. The van der Waals surface area contributed by atoms with E-state index in [4.69, 9.17) is 9.97 Å². The van der Waals surface area contributed by atoms with Crippen LogP contribution < -0.4 is 15.1 Å². The summed E-state index contributed by atoms with van der Waals surface area (Å²) in [5, 5.41) is 10.6. The van der Waals surface area contributed by atoms with Crippen LogP contribution >= 0.6 is 0 Å². The van der Waals surface area contributed by atoms with Gasteiger partial charge in [0.1, 0.15) is 17.3 Å². The monoisotopic (exact) mass is 498 g/mol. The van der Waals surface area contributed by atoms with Crippen molar-refractivity contribution in [2.45, 2.75) is 44.6 Å². The number of rotatable bonds is 4. The number of hydrogen-bond donors (Lipinski definition) is 2. The Morgan fingerprint density at radius 2 is 1.83 bits per heavy atom. The molecule has 0 bridgehead atoms. The second-order valence-corrected chi connectivity index (χ2v) is 9.36. The average molecular weight is 499 g/mol. The summed E-state index contributed by atoms with van der Waals surface area (Å²) >= 11 is 0. The van der Waals surface area contributed by atoms with Gasteiger partial charge in [-0.05, 0) is 20.3 Å². The van der Waals surface area contributed by atoms with E-state index in [1.165, 1.54) is 10.6 Å². The molecule has 0 saturated carbocycles. The highest BCUT2D eigenvalue weighted by Gasteiger charge is 2.35. The number of piperazine rings is 1. The van der Waals surface area contributed by atoms with Crippen LogP contribution in [0.15, 0.2) is 37.1 Å². The summed E-state index contributed by atoms with van der Waals surface area (Å²) in [6.07, 6.45) is 3.74. The van der Waals surface area contributed by atoms with Gasteiger partial charge in [0, 0.05) is 55.7 Å². The summed E-state index contributed by atoms with van der Waals surface area (Å²) in [4.78, 5) is 21.7. The lowest BCUT2D eigenvalue weighted by atomic mass is 9.97. The molecule has 2 N–H and O–H groups in total. The zero-order valence-corrected chi connectivity index (χ0v) is 19.7. The third-order valence-electron chi connectivity index (χ3n) is 6.88. The van der Waals surface area contributed by atoms with Crippen LogP contribution in [0.25, 0.3) is 17.2 Å². The SMILES string of the molecule is CC1CN(c2cc(N3CCC3)nc(-c3cnc4cnc(C(F)(F)F)cn34)n2)C(C)C(c2cn[nH]c2)N1. The lowest BCUT2D eigenvalue weighted by Gasteiger charge is -2.44. The molecule has 6 heterocycles. The summed E-state index contributed by atoms with van der Waals surface area (Å²) in [7, 11) is 0. The molecule has 0 aliphatic carbocycles. The van der Waals surface area contributed by atoms with Crippen LogP contribution in [-0.2, 0) is 6.18 Å². The van der Waals surface area contributed by atoms with Crippen LogP contribution in [0.3, 0.4) is 0 Å². The lowest BCUT2D eigenvalue weighted by molar-refractivity contribution is -0.141. The normalized spacial score (nSPS) is 22.8. The predicted molar refractivity (Wildman–Crippen MR) is 127 cm³/mol. The van der Waals surface area contributed by atoms with Crippen molar-refractivity contribution in [1.82, 2.24) is 39.9 Å². The molecular formula is C23H25F3N10. The van der Waals surface area contributed by atoms with Crippen molar-refractivity contribution in [1.29, 1.82) is 0 Å². The van der Waals surface area contributed by atoms with E-state index in [9.17, 15) is 13.2 Å². The zero-order valence-electron chi connectivity index (χ0n) is 19.7. The third-order valence-corrected chi connectivity index (χ3v) is 6.88. The van der Waals surface area contributed by atoms with Gasteiger partial charge in [-0.3, -0.25) is 9.50 Å². The number of halogens is 3. The summed E-state index contributed by atoms with van der Waals surface area (Å²) in [6, 6.07) is 2.20. The molecule has 3 atom stereocenters. The first-order chi connectivity index (χ1) is 17.3. The molecule has 2 aliphatic rings. The van der Waals surface area contributed by atoms with E-state index in [1.807, 2.05) is 18.5 Å². The fraction of sp³-hybridized carbons (Fsp3) is 0.435. The van der Waals surface area contributed by atoms with Gasteiger partial charge >= 0.3 is 6.18 Å². The minimum absolute atomic E-state index is 0.0228. The molecule has 4 aromatic heterocycles. The van der Waals surface area contributed by atoms with Gasteiger partial charge < -0.3 is 15.1 Å². The molecule has 2 aliphatic heterocycles. The summed E-state index contributed by atoms with van der Waals surface area (Å²) in [6.45, 7) is 6.69. The van der Waals surface area contributed by atoms with Crippen LogP contribution in [0.5, 0.6) is 0 Å². The molecule has 0 radical (unpaired) electrons. The molecule has 188 valence electrons. The maximum atomic E-state index is 13.4. The number of aromatic nitrogens is 7. The van der Waals surface area contributed by atoms with Gasteiger partial charge in [0.15, 0.2) is 17.2 Å². The molecule has 10 nitrogen and oxygen atoms in total. The summed E-state index contributed by atoms with van der Waals surface area (Å²) < 4.78 is 41.5. The second-order valence-electron chi connectivity index (χ2n) is 9.36. The van der Waals surface area contributed by atoms with Crippen LogP contribution in [0.2, 0.25) is 0 Å². The minimum Gasteiger partial charge on any atom is -0.356 e.